The van der Waals surface area contributed by atoms with Gasteiger partial charge >= 0.3 is 5.69 Å². The number of rotatable bonds is 13. The second-order valence-corrected chi connectivity index (χ2v) is 13.0. The highest BCUT2D eigenvalue weighted by molar-refractivity contribution is 9.10. The summed E-state index contributed by atoms with van der Waals surface area (Å²) in [5.74, 6) is 2.26. The van der Waals surface area contributed by atoms with E-state index in [4.69, 9.17) is 14.6 Å². The molecule has 0 bridgehead atoms. The molecule has 1 aliphatic rings. The quantitative estimate of drug-likeness (QED) is 0.0740. The van der Waals surface area contributed by atoms with Gasteiger partial charge in [-0.05, 0) is 90.0 Å². The van der Waals surface area contributed by atoms with E-state index in [1.54, 1.807) is 19.2 Å². The van der Waals surface area contributed by atoms with E-state index >= 15 is 0 Å². The lowest BCUT2D eigenvalue weighted by Gasteiger charge is -2.23. The molecule has 0 radical (unpaired) electrons. The van der Waals surface area contributed by atoms with Crippen LogP contribution in [0.1, 0.15) is 23.6 Å². The van der Waals surface area contributed by atoms with Crippen molar-refractivity contribution in [2.24, 2.45) is 5.10 Å². The van der Waals surface area contributed by atoms with E-state index in [-0.39, 0.29) is 29.2 Å². The van der Waals surface area contributed by atoms with Crippen LogP contribution in [0.25, 0.3) is 0 Å². The molecule has 276 valence electrons. The van der Waals surface area contributed by atoms with Crippen molar-refractivity contribution in [3.63, 3.8) is 0 Å². The monoisotopic (exact) mass is 802 g/mol. The molecule has 1 atom stereocenters. The number of halogens is 1. The number of nitro benzene ring substituents is 2. The molecule has 1 unspecified atom stereocenters. The minimum absolute atomic E-state index is 0.141. The Morgan fingerprint density at radius 3 is 1.69 bits per heavy atom. The van der Waals surface area contributed by atoms with Crippen molar-refractivity contribution in [2.75, 3.05) is 35.2 Å². The Hall–Kier alpha value is -7.14. The van der Waals surface area contributed by atoms with E-state index in [0.717, 1.165) is 33.0 Å². The largest absolute Gasteiger partial charge is 0.497 e. The number of anilines is 7. The van der Waals surface area contributed by atoms with E-state index in [9.17, 15) is 20.2 Å². The van der Waals surface area contributed by atoms with Gasteiger partial charge in [-0.25, -0.2) is 0 Å². The zero-order chi connectivity index (χ0) is 38.5. The topological polar surface area (TPSA) is 195 Å². The lowest BCUT2D eigenvalue weighted by atomic mass is 9.98. The molecule has 6 aromatic rings. The maximum absolute atomic E-state index is 12.1. The molecule has 2 heterocycles. The number of hydrogen-bond donors (Lipinski definition) is 3. The van der Waals surface area contributed by atoms with Gasteiger partial charge in [-0.3, -0.25) is 25.2 Å². The minimum atomic E-state index is -0.662. The molecule has 0 saturated heterocycles. The van der Waals surface area contributed by atoms with Gasteiger partial charge in [0.25, 0.3) is 5.69 Å². The van der Waals surface area contributed by atoms with Gasteiger partial charge in [0.2, 0.25) is 17.8 Å². The summed E-state index contributed by atoms with van der Waals surface area (Å²) in [7, 11) is 3.20. The smallest absolute Gasteiger partial charge is 0.301 e. The van der Waals surface area contributed by atoms with E-state index in [1.807, 2.05) is 97.1 Å². The van der Waals surface area contributed by atoms with Crippen molar-refractivity contribution in [1.29, 1.82) is 0 Å². The Morgan fingerprint density at radius 2 is 1.22 bits per heavy atom. The van der Waals surface area contributed by atoms with Gasteiger partial charge in [0.15, 0.2) is 0 Å². The van der Waals surface area contributed by atoms with Crippen molar-refractivity contribution in [1.82, 2.24) is 15.0 Å². The van der Waals surface area contributed by atoms with Gasteiger partial charge in [0.1, 0.15) is 17.2 Å². The highest BCUT2D eigenvalue weighted by atomic mass is 79.9. The minimum Gasteiger partial charge on any atom is -0.497 e. The van der Waals surface area contributed by atoms with Crippen LogP contribution in [-0.4, -0.2) is 44.7 Å². The zero-order valence-electron chi connectivity index (χ0n) is 29.2. The summed E-state index contributed by atoms with van der Waals surface area (Å²) in [5, 5.41) is 39.7. The molecule has 0 saturated carbocycles. The van der Waals surface area contributed by atoms with Crippen LogP contribution in [-0.2, 0) is 0 Å². The van der Waals surface area contributed by atoms with E-state index in [1.165, 1.54) is 12.1 Å². The van der Waals surface area contributed by atoms with Gasteiger partial charge in [-0.2, -0.15) is 20.1 Å². The number of hydrazone groups is 1. The summed E-state index contributed by atoms with van der Waals surface area (Å²) in [6.07, 6.45) is 0.408. The van der Waals surface area contributed by atoms with Gasteiger partial charge in [0.05, 0.1) is 41.9 Å². The average Bonchev–Trinajstić information content (AvgIpc) is 3.64. The molecule has 1 aromatic heterocycles. The number of hydrogen-bond acceptors (Lipinski definition) is 14. The molecule has 3 N–H and O–H groups in total. The van der Waals surface area contributed by atoms with Crippen LogP contribution in [0.4, 0.5) is 52.0 Å². The highest BCUT2D eigenvalue weighted by Crippen LogP contribution is 2.42. The van der Waals surface area contributed by atoms with Crippen LogP contribution in [0.5, 0.6) is 11.5 Å². The maximum atomic E-state index is 12.1. The fraction of sp³-hybridized carbons (Fsp3) is 0.105. The number of nitrogens with one attached hydrogen (secondary N) is 3. The third-order valence-corrected chi connectivity index (χ3v) is 9.05. The van der Waals surface area contributed by atoms with Crippen molar-refractivity contribution < 1.29 is 19.3 Å². The van der Waals surface area contributed by atoms with Gasteiger partial charge in [-0.15, -0.1) is 0 Å². The fourth-order valence-corrected chi connectivity index (χ4v) is 6.29. The Balaban J connectivity index is 1.17. The third kappa shape index (κ3) is 8.42. The number of methoxy groups -OCH3 is 2. The second kappa shape index (κ2) is 15.8. The Labute approximate surface area is 322 Å². The summed E-state index contributed by atoms with van der Waals surface area (Å²) >= 11 is 3.52. The van der Waals surface area contributed by atoms with Crippen LogP contribution in [0.15, 0.2) is 125 Å². The molecule has 55 heavy (non-hydrogen) atoms. The lowest BCUT2D eigenvalue weighted by molar-refractivity contribution is -0.393. The predicted octanol–water partition coefficient (Wildman–Crippen LogP) is 9.05. The molecule has 0 fully saturated rings. The first-order chi connectivity index (χ1) is 26.6. The number of ether oxygens (including phenoxy) is 2. The third-order valence-electron chi connectivity index (χ3n) is 8.56. The average molecular weight is 804 g/mol. The maximum Gasteiger partial charge on any atom is 0.301 e. The van der Waals surface area contributed by atoms with Crippen molar-refractivity contribution in [3.8, 4) is 11.5 Å². The Morgan fingerprint density at radius 1 is 0.691 bits per heavy atom. The number of non-ortho nitro benzene ring substituents is 1. The number of benzene rings is 5. The highest BCUT2D eigenvalue weighted by Gasteiger charge is 2.35. The molecule has 5 aromatic carbocycles. The van der Waals surface area contributed by atoms with Crippen LogP contribution in [0.2, 0.25) is 0 Å². The number of nitrogens with zero attached hydrogens (tertiary/aromatic N) is 7. The summed E-state index contributed by atoms with van der Waals surface area (Å²) in [6, 6.07) is 32.8. The van der Waals surface area contributed by atoms with E-state index in [0.29, 0.717) is 29.3 Å². The number of aromatic nitrogens is 3. The molecular formula is C38H31BrN10O6. The number of nitro groups is 2. The van der Waals surface area contributed by atoms with Crippen molar-refractivity contribution >= 4 is 73.6 Å². The van der Waals surface area contributed by atoms with Crippen LogP contribution in [0.3, 0.4) is 0 Å². The van der Waals surface area contributed by atoms with Crippen molar-refractivity contribution in [2.45, 2.75) is 12.5 Å². The SMILES string of the molecule is COc1ccc(Nc2nc(Nc3ccc(OC)cc3)nc(Nc3ccc(C4=NN(c5ccc([N+](=O)[O-])cc5[N+](=O)[O-])C(c5cccc(Br)c5)C4)cc3)n2)cc1. The summed E-state index contributed by atoms with van der Waals surface area (Å²) < 4.78 is 11.4. The molecule has 0 amide bonds. The normalized spacial score (nSPS) is 13.5. The Bertz CT molecular complexity index is 2330. The van der Waals surface area contributed by atoms with E-state index in [2.05, 4.69) is 46.8 Å². The summed E-state index contributed by atoms with van der Waals surface area (Å²) in [4.78, 5) is 36.0. The molecular weight excluding hydrogens is 772 g/mol. The Kier molecular flexibility index (Phi) is 10.4. The first kappa shape index (κ1) is 36.2. The standard InChI is InChI=1S/C38H31BrN10O6/c1-54-30-15-10-27(11-16-30)41-37-43-36(44-38(45-37)42-28-12-17-31(55-2)18-13-28)40-26-8-6-23(7-9-26)32-22-34(24-4-3-5-25(39)20-24)47(46-32)33-19-14-29(48(50)51)21-35(33)49(52)53/h3-21,34H,22H2,1-2H3,(H3,40,41,42,43,44,45). The van der Waals surface area contributed by atoms with Gasteiger partial charge in [-0.1, -0.05) is 40.2 Å². The van der Waals surface area contributed by atoms with Gasteiger partial charge in [0, 0.05) is 34.0 Å². The summed E-state index contributed by atoms with van der Waals surface area (Å²) in [5.41, 5.74) is 3.79. The van der Waals surface area contributed by atoms with Crippen LogP contribution in [0, 0.1) is 20.2 Å². The molecule has 0 spiro atoms. The molecule has 17 heteroatoms. The zero-order valence-corrected chi connectivity index (χ0v) is 30.8. The first-order valence-corrected chi connectivity index (χ1v) is 17.5. The predicted molar refractivity (Wildman–Crippen MR) is 212 cm³/mol. The fourth-order valence-electron chi connectivity index (χ4n) is 5.87. The van der Waals surface area contributed by atoms with E-state index < -0.39 is 21.6 Å². The molecule has 0 aliphatic carbocycles. The van der Waals surface area contributed by atoms with Crippen molar-refractivity contribution in [3.05, 3.63) is 151 Å². The van der Waals surface area contributed by atoms with Gasteiger partial charge < -0.3 is 25.4 Å². The van der Waals surface area contributed by atoms with Crippen LogP contribution < -0.4 is 30.4 Å². The molecule has 1 aliphatic heterocycles. The second-order valence-electron chi connectivity index (χ2n) is 12.1. The first-order valence-electron chi connectivity index (χ1n) is 16.7. The molecule has 7 rings (SSSR count). The lowest BCUT2D eigenvalue weighted by Crippen LogP contribution is -2.19. The summed E-state index contributed by atoms with van der Waals surface area (Å²) in [6.45, 7) is 0. The molecule has 16 nitrogen and oxygen atoms in total. The van der Waals surface area contributed by atoms with Crippen LogP contribution >= 0.6 is 15.9 Å².